The quantitative estimate of drug-likeness (QED) is 0.908. The monoisotopic (exact) mass is 286 g/mol. The molecule has 2 atom stereocenters. The highest BCUT2D eigenvalue weighted by Gasteiger charge is 2.31. The molecule has 0 bridgehead atoms. The number of hydrogen-bond acceptors (Lipinski definition) is 2. The van der Waals surface area contributed by atoms with Crippen LogP contribution in [0.5, 0.6) is 0 Å². The maximum atomic E-state index is 12.4. The second-order valence-corrected chi connectivity index (χ2v) is 5.69. The second-order valence-electron chi connectivity index (χ2n) is 5.69. The number of benzene rings is 1. The van der Waals surface area contributed by atoms with E-state index in [1.54, 1.807) is 0 Å². The van der Waals surface area contributed by atoms with Gasteiger partial charge in [-0.15, -0.1) is 0 Å². The zero-order chi connectivity index (χ0) is 15.0. The van der Waals surface area contributed by atoms with Crippen LogP contribution in [0.15, 0.2) is 30.5 Å². The minimum absolute atomic E-state index is 0.0439. The number of nitrogens with one attached hydrogen (secondary N) is 1. The van der Waals surface area contributed by atoms with Gasteiger partial charge in [-0.05, 0) is 25.3 Å². The molecule has 0 saturated heterocycles. The van der Waals surface area contributed by atoms with Gasteiger partial charge in [-0.1, -0.05) is 18.2 Å². The summed E-state index contributed by atoms with van der Waals surface area (Å²) in [5.41, 5.74) is 1.66. The van der Waals surface area contributed by atoms with Crippen LogP contribution in [-0.2, 0) is 11.8 Å². The van der Waals surface area contributed by atoms with Gasteiger partial charge < -0.3 is 15.0 Å². The zero-order valence-corrected chi connectivity index (χ0v) is 11.9. The molecule has 110 valence electrons. The predicted molar refractivity (Wildman–Crippen MR) is 79.2 cm³/mol. The number of aryl methyl sites for hydroxylation is 1. The van der Waals surface area contributed by atoms with E-state index in [0.29, 0.717) is 18.4 Å². The normalized spacial score (nSPS) is 21.6. The molecule has 5 nitrogen and oxygen atoms in total. The molecule has 3 rings (SSSR count). The van der Waals surface area contributed by atoms with Crippen molar-refractivity contribution in [3.63, 3.8) is 0 Å². The van der Waals surface area contributed by atoms with Crippen molar-refractivity contribution in [1.29, 1.82) is 0 Å². The Balaban J connectivity index is 1.78. The van der Waals surface area contributed by atoms with Crippen molar-refractivity contribution >= 4 is 22.8 Å². The number of carboxylic acid groups (broad SMARTS) is 1. The van der Waals surface area contributed by atoms with E-state index in [9.17, 15) is 9.59 Å². The lowest BCUT2D eigenvalue weighted by Gasteiger charge is -2.11. The number of aromatic nitrogens is 1. The lowest BCUT2D eigenvalue weighted by Crippen LogP contribution is -2.33. The van der Waals surface area contributed by atoms with Crippen LogP contribution in [0.25, 0.3) is 10.9 Å². The van der Waals surface area contributed by atoms with E-state index >= 15 is 0 Å². The summed E-state index contributed by atoms with van der Waals surface area (Å²) in [5, 5.41) is 12.9. The molecule has 1 aliphatic carbocycles. The second kappa shape index (κ2) is 5.24. The SMILES string of the molecule is Cn1cc(C(=O)N[C@H]2CC[C@@H](C(=O)O)C2)c2ccccc21. The highest BCUT2D eigenvalue weighted by atomic mass is 16.4. The average Bonchev–Trinajstić information content (AvgIpc) is 3.05. The van der Waals surface area contributed by atoms with Gasteiger partial charge >= 0.3 is 5.97 Å². The van der Waals surface area contributed by atoms with E-state index in [2.05, 4.69) is 5.32 Å². The van der Waals surface area contributed by atoms with Gasteiger partial charge in [0.2, 0.25) is 0 Å². The molecule has 2 aromatic rings. The van der Waals surface area contributed by atoms with E-state index < -0.39 is 5.97 Å². The first-order valence-corrected chi connectivity index (χ1v) is 7.14. The third-order valence-corrected chi connectivity index (χ3v) is 4.26. The molecule has 1 amide bonds. The summed E-state index contributed by atoms with van der Waals surface area (Å²) in [6.45, 7) is 0. The number of carbonyl (C=O) groups is 2. The summed E-state index contributed by atoms with van der Waals surface area (Å²) >= 11 is 0. The van der Waals surface area contributed by atoms with Crippen molar-refractivity contribution in [2.45, 2.75) is 25.3 Å². The van der Waals surface area contributed by atoms with E-state index in [-0.39, 0.29) is 17.9 Å². The third-order valence-electron chi connectivity index (χ3n) is 4.26. The van der Waals surface area contributed by atoms with Crippen molar-refractivity contribution in [2.24, 2.45) is 13.0 Å². The minimum atomic E-state index is -0.767. The van der Waals surface area contributed by atoms with E-state index in [4.69, 9.17) is 5.11 Å². The van der Waals surface area contributed by atoms with E-state index in [1.165, 1.54) is 0 Å². The van der Waals surface area contributed by atoms with Gasteiger partial charge in [0.25, 0.3) is 5.91 Å². The number of amides is 1. The Morgan fingerprint density at radius 2 is 2.05 bits per heavy atom. The maximum absolute atomic E-state index is 12.4. The Labute approximate surface area is 122 Å². The summed E-state index contributed by atoms with van der Waals surface area (Å²) < 4.78 is 1.93. The number of carbonyl (C=O) groups excluding carboxylic acids is 1. The highest BCUT2D eigenvalue weighted by molar-refractivity contribution is 6.07. The maximum Gasteiger partial charge on any atom is 0.306 e. The Morgan fingerprint density at radius 1 is 1.29 bits per heavy atom. The van der Waals surface area contributed by atoms with Crippen LogP contribution in [0.1, 0.15) is 29.6 Å². The van der Waals surface area contributed by atoms with Crippen LogP contribution < -0.4 is 5.32 Å². The molecule has 1 aliphatic rings. The van der Waals surface area contributed by atoms with Crippen LogP contribution in [0.4, 0.5) is 0 Å². The number of fused-ring (bicyclic) bond motifs is 1. The first-order valence-electron chi connectivity index (χ1n) is 7.14. The van der Waals surface area contributed by atoms with Crippen molar-refractivity contribution in [3.05, 3.63) is 36.0 Å². The number of aliphatic carboxylic acids is 1. The Hall–Kier alpha value is -2.30. The van der Waals surface area contributed by atoms with Crippen LogP contribution in [-0.4, -0.2) is 27.6 Å². The molecule has 0 aliphatic heterocycles. The van der Waals surface area contributed by atoms with Crippen molar-refractivity contribution < 1.29 is 14.7 Å². The van der Waals surface area contributed by atoms with Crippen LogP contribution in [0.2, 0.25) is 0 Å². The van der Waals surface area contributed by atoms with Gasteiger partial charge in [0.05, 0.1) is 11.5 Å². The highest BCUT2D eigenvalue weighted by Crippen LogP contribution is 2.27. The van der Waals surface area contributed by atoms with Crippen molar-refractivity contribution in [1.82, 2.24) is 9.88 Å². The molecule has 2 N–H and O–H groups in total. The summed E-state index contributed by atoms with van der Waals surface area (Å²) in [4.78, 5) is 23.4. The lowest BCUT2D eigenvalue weighted by atomic mass is 10.1. The molecule has 1 aromatic carbocycles. The topological polar surface area (TPSA) is 71.3 Å². The van der Waals surface area contributed by atoms with Crippen LogP contribution in [0.3, 0.4) is 0 Å². The van der Waals surface area contributed by atoms with Gasteiger partial charge in [0.1, 0.15) is 0 Å². The lowest BCUT2D eigenvalue weighted by molar-refractivity contribution is -0.141. The van der Waals surface area contributed by atoms with E-state index in [0.717, 1.165) is 17.3 Å². The standard InChI is InChI=1S/C16H18N2O3/c1-18-9-13(12-4-2-3-5-14(12)18)15(19)17-11-7-6-10(8-11)16(20)21/h2-5,9-11H,6-8H2,1H3,(H,17,19)(H,20,21)/t10-,11+/m1/s1. The van der Waals surface area contributed by atoms with Gasteiger partial charge in [0.15, 0.2) is 0 Å². The van der Waals surface area contributed by atoms with E-state index in [1.807, 2.05) is 42.1 Å². The first kappa shape index (κ1) is 13.7. The first-order chi connectivity index (χ1) is 10.1. The van der Waals surface area contributed by atoms with Gasteiger partial charge in [-0.25, -0.2) is 0 Å². The molecule has 5 heteroatoms. The molecule has 0 spiro atoms. The molecular formula is C16H18N2O3. The Kier molecular flexibility index (Phi) is 3.41. The largest absolute Gasteiger partial charge is 0.481 e. The number of carboxylic acids is 1. The molecule has 0 unspecified atom stereocenters. The van der Waals surface area contributed by atoms with Gasteiger partial charge in [0, 0.05) is 30.2 Å². The number of nitrogens with zero attached hydrogens (tertiary/aromatic N) is 1. The van der Waals surface area contributed by atoms with Gasteiger partial charge in [-0.2, -0.15) is 0 Å². The van der Waals surface area contributed by atoms with Crippen LogP contribution >= 0.6 is 0 Å². The molecule has 1 aromatic heterocycles. The number of rotatable bonds is 3. The fourth-order valence-corrected chi connectivity index (χ4v) is 3.12. The fraction of sp³-hybridized carbons (Fsp3) is 0.375. The minimum Gasteiger partial charge on any atom is -0.481 e. The molecular weight excluding hydrogens is 268 g/mol. The van der Waals surface area contributed by atoms with Crippen LogP contribution in [0, 0.1) is 5.92 Å². The molecule has 1 fully saturated rings. The van der Waals surface area contributed by atoms with Gasteiger partial charge in [-0.3, -0.25) is 9.59 Å². The summed E-state index contributed by atoms with van der Waals surface area (Å²) in [6.07, 6.45) is 3.71. The molecule has 0 radical (unpaired) electrons. The molecule has 1 heterocycles. The smallest absolute Gasteiger partial charge is 0.306 e. The predicted octanol–water partition coefficient (Wildman–Crippen LogP) is 2.16. The average molecular weight is 286 g/mol. The zero-order valence-electron chi connectivity index (χ0n) is 11.9. The number of hydrogen-bond donors (Lipinski definition) is 2. The number of para-hydroxylation sites is 1. The Morgan fingerprint density at radius 3 is 2.76 bits per heavy atom. The Bertz CT molecular complexity index is 705. The molecule has 21 heavy (non-hydrogen) atoms. The summed E-state index contributed by atoms with van der Waals surface area (Å²) in [6, 6.07) is 7.71. The third kappa shape index (κ3) is 2.51. The van der Waals surface area contributed by atoms with Crippen molar-refractivity contribution in [2.75, 3.05) is 0 Å². The molecule has 1 saturated carbocycles. The van der Waals surface area contributed by atoms with Crippen molar-refractivity contribution in [3.8, 4) is 0 Å². The summed E-state index contributed by atoms with van der Waals surface area (Å²) in [7, 11) is 1.91. The summed E-state index contributed by atoms with van der Waals surface area (Å²) in [5.74, 6) is -1.22. The fourth-order valence-electron chi connectivity index (χ4n) is 3.12.